The SMILES string of the molecule is CN(C)CCN(C(=O)O)c1ccc(C(=O)Nc2cc(-c3ccc(N)cc3)ccc2N)cc1. The van der Waals surface area contributed by atoms with Crippen molar-refractivity contribution in [2.45, 2.75) is 0 Å². The van der Waals surface area contributed by atoms with Gasteiger partial charge in [0.1, 0.15) is 0 Å². The largest absolute Gasteiger partial charge is 0.465 e. The van der Waals surface area contributed by atoms with Crippen LogP contribution < -0.4 is 21.7 Å². The lowest BCUT2D eigenvalue weighted by Gasteiger charge is -2.21. The standard InChI is InChI=1S/C24H27N5O3/c1-28(2)13-14-29(24(31)32)20-10-5-17(6-11-20)23(30)27-22-15-18(7-12-21(22)26)16-3-8-19(25)9-4-16/h3-12,15H,13-14,25-26H2,1-2H3,(H,27,30)(H,31,32). The molecule has 0 radical (unpaired) electrons. The van der Waals surface area contributed by atoms with E-state index in [2.05, 4.69) is 5.32 Å². The van der Waals surface area contributed by atoms with Crippen LogP contribution in [0.4, 0.5) is 27.5 Å². The fourth-order valence-electron chi connectivity index (χ4n) is 3.14. The molecule has 32 heavy (non-hydrogen) atoms. The molecule has 0 spiro atoms. The lowest BCUT2D eigenvalue weighted by Crippen LogP contribution is -2.35. The molecule has 0 saturated carbocycles. The highest BCUT2D eigenvalue weighted by molar-refractivity contribution is 6.06. The Hall–Kier alpha value is -4.04. The van der Waals surface area contributed by atoms with E-state index in [1.165, 1.54) is 4.90 Å². The van der Waals surface area contributed by atoms with Crippen LogP contribution in [0.3, 0.4) is 0 Å². The van der Waals surface area contributed by atoms with Crippen molar-refractivity contribution in [1.29, 1.82) is 0 Å². The van der Waals surface area contributed by atoms with Crippen molar-refractivity contribution in [3.05, 3.63) is 72.3 Å². The molecule has 3 aromatic carbocycles. The summed E-state index contributed by atoms with van der Waals surface area (Å²) in [5, 5.41) is 12.3. The number of hydrogen-bond donors (Lipinski definition) is 4. The van der Waals surface area contributed by atoms with Crippen LogP contribution in [0.2, 0.25) is 0 Å². The van der Waals surface area contributed by atoms with Crippen molar-refractivity contribution in [3.63, 3.8) is 0 Å². The first-order valence-electron chi connectivity index (χ1n) is 10.1. The zero-order valence-electron chi connectivity index (χ0n) is 18.1. The maximum Gasteiger partial charge on any atom is 0.411 e. The van der Waals surface area contributed by atoms with Gasteiger partial charge in [0.25, 0.3) is 5.91 Å². The lowest BCUT2D eigenvalue weighted by atomic mass is 10.0. The quantitative estimate of drug-likeness (QED) is 0.420. The molecule has 0 heterocycles. The van der Waals surface area contributed by atoms with Crippen LogP contribution in [0.25, 0.3) is 11.1 Å². The fourth-order valence-corrected chi connectivity index (χ4v) is 3.14. The number of nitrogens with two attached hydrogens (primary N) is 2. The highest BCUT2D eigenvalue weighted by atomic mass is 16.4. The third-order valence-electron chi connectivity index (χ3n) is 4.99. The maximum atomic E-state index is 12.8. The van der Waals surface area contributed by atoms with Crippen molar-refractivity contribution in [1.82, 2.24) is 4.90 Å². The number of rotatable bonds is 7. The molecule has 0 aromatic heterocycles. The summed E-state index contributed by atoms with van der Waals surface area (Å²) in [5.74, 6) is -0.340. The van der Waals surface area contributed by atoms with Gasteiger partial charge in [-0.25, -0.2) is 4.79 Å². The van der Waals surface area contributed by atoms with Crippen LogP contribution in [0.15, 0.2) is 66.7 Å². The number of nitrogen functional groups attached to an aromatic ring is 2. The summed E-state index contributed by atoms with van der Waals surface area (Å²) in [4.78, 5) is 27.5. The minimum atomic E-state index is -1.05. The number of carbonyl (C=O) groups excluding carboxylic acids is 1. The van der Waals surface area contributed by atoms with E-state index in [9.17, 15) is 14.7 Å². The molecule has 0 saturated heterocycles. The van der Waals surface area contributed by atoms with Crippen LogP contribution in [-0.4, -0.2) is 49.2 Å². The lowest BCUT2D eigenvalue weighted by molar-refractivity contribution is 0.102. The first kappa shape index (κ1) is 22.6. The summed E-state index contributed by atoms with van der Waals surface area (Å²) in [6.45, 7) is 0.903. The molecule has 6 N–H and O–H groups in total. The second-order valence-corrected chi connectivity index (χ2v) is 7.66. The molecule has 0 bridgehead atoms. The molecule has 8 heteroatoms. The Balaban J connectivity index is 1.76. The highest BCUT2D eigenvalue weighted by Crippen LogP contribution is 2.28. The Kier molecular flexibility index (Phi) is 6.97. The minimum absolute atomic E-state index is 0.322. The molecule has 0 unspecified atom stereocenters. The maximum absolute atomic E-state index is 12.8. The van der Waals surface area contributed by atoms with E-state index in [1.54, 1.807) is 36.4 Å². The molecule has 0 atom stereocenters. The predicted molar refractivity (Wildman–Crippen MR) is 129 cm³/mol. The summed E-state index contributed by atoms with van der Waals surface area (Å²) in [6.07, 6.45) is -1.05. The van der Waals surface area contributed by atoms with Gasteiger partial charge in [-0.05, 0) is 73.8 Å². The Bertz CT molecular complexity index is 1100. The van der Waals surface area contributed by atoms with Crippen molar-refractivity contribution < 1.29 is 14.7 Å². The number of benzene rings is 3. The molecule has 0 aliphatic heterocycles. The molecular formula is C24H27N5O3. The molecule has 0 aliphatic carbocycles. The van der Waals surface area contributed by atoms with Gasteiger partial charge >= 0.3 is 6.09 Å². The van der Waals surface area contributed by atoms with E-state index in [0.29, 0.717) is 41.4 Å². The van der Waals surface area contributed by atoms with Crippen molar-refractivity contribution >= 4 is 34.7 Å². The predicted octanol–water partition coefficient (Wildman–Crippen LogP) is 3.82. The van der Waals surface area contributed by atoms with Crippen LogP contribution >= 0.6 is 0 Å². The third kappa shape index (κ3) is 5.55. The van der Waals surface area contributed by atoms with Crippen molar-refractivity contribution in [3.8, 4) is 11.1 Å². The molecule has 3 rings (SSSR count). The minimum Gasteiger partial charge on any atom is -0.465 e. The number of nitrogens with zero attached hydrogens (tertiary/aromatic N) is 2. The Morgan fingerprint density at radius 3 is 2.09 bits per heavy atom. The monoisotopic (exact) mass is 433 g/mol. The van der Waals surface area contributed by atoms with Gasteiger partial charge in [0, 0.05) is 30.0 Å². The molecule has 0 fully saturated rings. The Morgan fingerprint density at radius 2 is 1.50 bits per heavy atom. The number of amides is 2. The average Bonchev–Trinajstić information content (AvgIpc) is 2.76. The molecule has 2 amide bonds. The Morgan fingerprint density at radius 1 is 0.875 bits per heavy atom. The normalized spacial score (nSPS) is 10.7. The molecule has 166 valence electrons. The number of anilines is 4. The van der Waals surface area contributed by atoms with Gasteiger partial charge in [0.05, 0.1) is 11.4 Å². The van der Waals surface area contributed by atoms with Crippen LogP contribution in [-0.2, 0) is 0 Å². The molecule has 0 aliphatic rings. The van der Waals surface area contributed by atoms with Gasteiger partial charge < -0.3 is 26.8 Å². The Labute approximate surface area is 187 Å². The fraction of sp³-hybridized carbons (Fsp3) is 0.167. The van der Waals surface area contributed by atoms with Crippen LogP contribution in [0.1, 0.15) is 10.4 Å². The van der Waals surface area contributed by atoms with Gasteiger partial charge in [-0.15, -0.1) is 0 Å². The number of carboxylic acid groups (broad SMARTS) is 1. The van der Waals surface area contributed by atoms with Crippen LogP contribution in [0.5, 0.6) is 0 Å². The van der Waals surface area contributed by atoms with E-state index >= 15 is 0 Å². The number of carbonyl (C=O) groups is 2. The topological polar surface area (TPSA) is 125 Å². The van der Waals surface area contributed by atoms with Gasteiger partial charge in [-0.1, -0.05) is 18.2 Å². The van der Waals surface area contributed by atoms with Crippen molar-refractivity contribution in [2.24, 2.45) is 0 Å². The molecular weight excluding hydrogens is 406 g/mol. The summed E-state index contributed by atoms with van der Waals surface area (Å²) in [5.41, 5.74) is 16.1. The molecule has 3 aromatic rings. The van der Waals surface area contributed by atoms with E-state index < -0.39 is 6.09 Å². The van der Waals surface area contributed by atoms with Crippen molar-refractivity contribution in [2.75, 3.05) is 48.9 Å². The van der Waals surface area contributed by atoms with Crippen LogP contribution in [0, 0.1) is 0 Å². The number of hydrogen-bond acceptors (Lipinski definition) is 5. The summed E-state index contributed by atoms with van der Waals surface area (Å²) in [7, 11) is 3.75. The van der Waals surface area contributed by atoms with Gasteiger partial charge in [0.2, 0.25) is 0 Å². The van der Waals surface area contributed by atoms with E-state index in [0.717, 1.165) is 11.1 Å². The average molecular weight is 434 g/mol. The second kappa shape index (κ2) is 9.84. The highest BCUT2D eigenvalue weighted by Gasteiger charge is 2.16. The van der Waals surface area contributed by atoms with E-state index in [4.69, 9.17) is 11.5 Å². The smallest absolute Gasteiger partial charge is 0.411 e. The van der Waals surface area contributed by atoms with Gasteiger partial charge in [0.15, 0.2) is 0 Å². The van der Waals surface area contributed by atoms with E-state index in [1.807, 2.05) is 49.3 Å². The number of nitrogens with one attached hydrogen (secondary N) is 1. The van der Waals surface area contributed by atoms with E-state index in [-0.39, 0.29) is 5.91 Å². The summed E-state index contributed by atoms with van der Waals surface area (Å²) in [6, 6.07) is 19.3. The second-order valence-electron chi connectivity index (χ2n) is 7.66. The van der Waals surface area contributed by atoms with Gasteiger partial charge in [-0.2, -0.15) is 0 Å². The molecule has 8 nitrogen and oxygen atoms in total. The van der Waals surface area contributed by atoms with Gasteiger partial charge in [-0.3, -0.25) is 9.69 Å². The first-order valence-corrected chi connectivity index (χ1v) is 10.1. The third-order valence-corrected chi connectivity index (χ3v) is 4.99. The first-order chi connectivity index (χ1) is 15.2. The zero-order chi connectivity index (χ0) is 23.3. The number of likely N-dealkylation sites (N-methyl/N-ethyl adjacent to an activating group) is 1. The zero-order valence-corrected chi connectivity index (χ0v) is 18.1. The summed E-state index contributed by atoms with van der Waals surface area (Å²) >= 11 is 0. The summed E-state index contributed by atoms with van der Waals surface area (Å²) < 4.78 is 0.